The Balaban J connectivity index is 4.46. The van der Waals surface area contributed by atoms with Gasteiger partial charge in [-0.3, -0.25) is 9.59 Å². The van der Waals surface area contributed by atoms with E-state index >= 15 is 0 Å². The van der Waals surface area contributed by atoms with Gasteiger partial charge in [-0.2, -0.15) is 0 Å². The van der Waals surface area contributed by atoms with Gasteiger partial charge in [0.2, 0.25) is 5.91 Å². The van der Waals surface area contributed by atoms with Gasteiger partial charge < -0.3 is 15.3 Å². The average molecular weight is 679 g/mol. The Morgan fingerprint density at radius 2 is 0.750 bits per heavy atom. The predicted molar refractivity (Wildman–Crippen MR) is 210 cm³/mol. The smallest absolute Gasteiger partial charge is 0.303 e. The second kappa shape index (κ2) is 38.7. The first-order valence-electron chi connectivity index (χ1n) is 21.8. The Morgan fingerprint density at radius 1 is 0.458 bits per heavy atom. The maximum Gasteiger partial charge on any atom is 0.303 e. The van der Waals surface area contributed by atoms with Crippen LogP contribution in [0.25, 0.3) is 0 Å². The number of carbonyl (C=O) groups is 2. The van der Waals surface area contributed by atoms with Gasteiger partial charge >= 0.3 is 5.97 Å². The molecular formula is C43H86N2O3. The summed E-state index contributed by atoms with van der Waals surface area (Å²) in [4.78, 5) is 27.3. The number of carbonyl (C=O) groups excluding carboxylic acids is 1. The molecule has 48 heavy (non-hydrogen) atoms. The Hall–Kier alpha value is -1.10. The number of unbranched alkanes of at least 4 members (excludes halogenated alkanes) is 29. The molecule has 0 bridgehead atoms. The zero-order valence-electron chi connectivity index (χ0n) is 33.0. The zero-order chi connectivity index (χ0) is 35.2. The van der Waals surface area contributed by atoms with E-state index < -0.39 is 5.97 Å². The van der Waals surface area contributed by atoms with Gasteiger partial charge in [0.05, 0.1) is 6.04 Å². The van der Waals surface area contributed by atoms with Crippen LogP contribution in [0.5, 0.6) is 0 Å². The van der Waals surface area contributed by atoms with Crippen LogP contribution >= 0.6 is 0 Å². The van der Waals surface area contributed by atoms with Crippen LogP contribution in [-0.2, 0) is 9.59 Å². The molecule has 0 aromatic rings. The topological polar surface area (TPSA) is 69.6 Å². The number of nitrogens with zero attached hydrogens (tertiary/aromatic N) is 1. The number of amides is 1. The van der Waals surface area contributed by atoms with Crippen LogP contribution in [0.15, 0.2) is 0 Å². The molecule has 0 fully saturated rings. The molecule has 0 aromatic heterocycles. The van der Waals surface area contributed by atoms with Crippen molar-refractivity contribution in [2.75, 3.05) is 19.6 Å². The third-order valence-electron chi connectivity index (χ3n) is 10.2. The minimum Gasteiger partial charge on any atom is -0.481 e. The minimum absolute atomic E-state index is 0.0473. The van der Waals surface area contributed by atoms with Gasteiger partial charge in [-0.05, 0) is 32.2 Å². The van der Waals surface area contributed by atoms with Crippen LogP contribution in [-0.4, -0.2) is 47.6 Å². The molecule has 0 rings (SSSR count). The fourth-order valence-corrected chi connectivity index (χ4v) is 6.96. The Labute approximate surface area is 300 Å². The summed E-state index contributed by atoms with van der Waals surface area (Å²) in [5.74, 6) is -0.673. The number of aliphatic carboxylic acids is 1. The number of hydrogen-bond acceptors (Lipinski definition) is 3. The first kappa shape index (κ1) is 46.9. The summed E-state index contributed by atoms with van der Waals surface area (Å²) in [6.07, 6.45) is 42.2. The Kier molecular flexibility index (Phi) is 37.8. The summed E-state index contributed by atoms with van der Waals surface area (Å²) >= 11 is 0. The summed E-state index contributed by atoms with van der Waals surface area (Å²) in [6.45, 7) is 9.24. The van der Waals surface area contributed by atoms with E-state index in [1.807, 2.05) is 0 Å². The van der Waals surface area contributed by atoms with Gasteiger partial charge in [0.1, 0.15) is 0 Å². The van der Waals surface area contributed by atoms with E-state index in [0.29, 0.717) is 6.42 Å². The molecule has 0 aliphatic heterocycles. The molecule has 286 valence electrons. The van der Waals surface area contributed by atoms with Gasteiger partial charge in [0.15, 0.2) is 0 Å². The SMILES string of the molecule is CCCCCCCCCCCCCCCCCCN[C@@H](CCC(=O)O)C(=O)N(CCCCCCCCCC)CCCCCCCCCC. The lowest BCUT2D eigenvalue weighted by molar-refractivity contribution is -0.138. The van der Waals surface area contributed by atoms with E-state index in [1.165, 1.54) is 186 Å². The maximum atomic E-state index is 13.8. The molecule has 0 aliphatic carbocycles. The highest BCUT2D eigenvalue weighted by Crippen LogP contribution is 2.15. The van der Waals surface area contributed by atoms with E-state index in [9.17, 15) is 14.7 Å². The number of carboxylic acid groups (broad SMARTS) is 1. The third kappa shape index (κ3) is 33.4. The summed E-state index contributed by atoms with van der Waals surface area (Å²) in [7, 11) is 0. The first-order chi connectivity index (χ1) is 23.6. The first-order valence-corrected chi connectivity index (χ1v) is 21.8. The normalized spacial score (nSPS) is 12.1. The molecule has 0 heterocycles. The van der Waals surface area contributed by atoms with Gasteiger partial charge in [0, 0.05) is 19.5 Å². The van der Waals surface area contributed by atoms with Crippen molar-refractivity contribution in [2.24, 2.45) is 0 Å². The van der Waals surface area contributed by atoms with E-state index in [2.05, 4.69) is 31.0 Å². The molecule has 5 nitrogen and oxygen atoms in total. The van der Waals surface area contributed by atoms with Crippen LogP contribution in [0.1, 0.15) is 239 Å². The van der Waals surface area contributed by atoms with Crippen molar-refractivity contribution >= 4 is 11.9 Å². The van der Waals surface area contributed by atoms with Crippen LogP contribution in [0.3, 0.4) is 0 Å². The van der Waals surface area contributed by atoms with Crippen LogP contribution in [0, 0.1) is 0 Å². The van der Waals surface area contributed by atoms with Crippen LogP contribution in [0.4, 0.5) is 0 Å². The molecule has 0 unspecified atom stereocenters. The quantitative estimate of drug-likeness (QED) is 0.0633. The average Bonchev–Trinajstić information content (AvgIpc) is 3.08. The second-order valence-corrected chi connectivity index (χ2v) is 15.0. The highest BCUT2D eigenvalue weighted by Gasteiger charge is 2.24. The van der Waals surface area contributed by atoms with Crippen molar-refractivity contribution in [1.82, 2.24) is 10.2 Å². The largest absolute Gasteiger partial charge is 0.481 e. The maximum absolute atomic E-state index is 13.8. The highest BCUT2D eigenvalue weighted by molar-refractivity contribution is 5.82. The number of hydrogen-bond donors (Lipinski definition) is 2. The van der Waals surface area contributed by atoms with Crippen LogP contribution in [0.2, 0.25) is 0 Å². The second-order valence-electron chi connectivity index (χ2n) is 15.0. The fourth-order valence-electron chi connectivity index (χ4n) is 6.96. The lowest BCUT2D eigenvalue weighted by Gasteiger charge is -2.28. The lowest BCUT2D eigenvalue weighted by atomic mass is 10.0. The molecular weight excluding hydrogens is 592 g/mol. The number of rotatable bonds is 40. The van der Waals surface area contributed by atoms with Gasteiger partial charge in [-0.15, -0.1) is 0 Å². The fraction of sp³-hybridized carbons (Fsp3) is 0.953. The molecule has 2 N–H and O–H groups in total. The van der Waals surface area contributed by atoms with Gasteiger partial charge in [0.25, 0.3) is 0 Å². The van der Waals surface area contributed by atoms with E-state index in [-0.39, 0.29) is 18.4 Å². The zero-order valence-corrected chi connectivity index (χ0v) is 33.0. The van der Waals surface area contributed by atoms with E-state index in [4.69, 9.17) is 0 Å². The number of carboxylic acids is 1. The summed E-state index contributed by atoms with van der Waals surface area (Å²) < 4.78 is 0. The van der Waals surface area contributed by atoms with Crippen molar-refractivity contribution in [1.29, 1.82) is 0 Å². The van der Waals surface area contributed by atoms with Crippen molar-refractivity contribution in [3.63, 3.8) is 0 Å². The summed E-state index contributed by atoms with van der Waals surface area (Å²) in [6, 6.07) is -0.375. The molecule has 0 aromatic carbocycles. The predicted octanol–water partition coefficient (Wildman–Crippen LogP) is 13.2. The molecule has 1 atom stereocenters. The third-order valence-corrected chi connectivity index (χ3v) is 10.2. The Morgan fingerprint density at radius 3 is 1.06 bits per heavy atom. The monoisotopic (exact) mass is 679 g/mol. The molecule has 0 aliphatic rings. The molecule has 1 amide bonds. The summed E-state index contributed by atoms with van der Waals surface area (Å²) in [5.41, 5.74) is 0. The van der Waals surface area contributed by atoms with Crippen molar-refractivity contribution < 1.29 is 14.7 Å². The van der Waals surface area contributed by atoms with Gasteiger partial charge in [-0.25, -0.2) is 0 Å². The standard InChI is InChI=1S/C43H86N2O3/c1-4-7-10-13-16-19-20-21-22-23-24-25-26-27-30-33-38-44-41(36-37-42(46)47)43(48)45(39-34-31-28-17-14-11-8-5-2)40-35-32-29-18-15-12-9-6-3/h41,44H,4-40H2,1-3H3,(H,46,47)/t41-/m0/s1. The van der Waals surface area contributed by atoms with Crippen molar-refractivity contribution in [3.8, 4) is 0 Å². The molecule has 5 heteroatoms. The number of nitrogens with one attached hydrogen (secondary N) is 1. The Bertz CT molecular complexity index is 650. The van der Waals surface area contributed by atoms with E-state index in [0.717, 1.165) is 38.9 Å². The molecule has 0 radical (unpaired) electrons. The summed E-state index contributed by atoms with van der Waals surface area (Å²) in [5, 5.41) is 12.9. The van der Waals surface area contributed by atoms with Gasteiger partial charge in [-0.1, -0.05) is 207 Å². The molecule has 0 saturated carbocycles. The minimum atomic E-state index is -0.810. The van der Waals surface area contributed by atoms with Crippen molar-refractivity contribution in [2.45, 2.75) is 245 Å². The van der Waals surface area contributed by atoms with E-state index in [1.54, 1.807) is 0 Å². The highest BCUT2D eigenvalue weighted by atomic mass is 16.4. The van der Waals surface area contributed by atoms with Crippen LogP contribution < -0.4 is 5.32 Å². The molecule has 0 spiro atoms. The van der Waals surface area contributed by atoms with Crippen molar-refractivity contribution in [3.05, 3.63) is 0 Å². The molecule has 0 saturated heterocycles. The lowest BCUT2D eigenvalue weighted by Crippen LogP contribution is -2.47.